The van der Waals surface area contributed by atoms with Gasteiger partial charge in [0.2, 0.25) is 0 Å². The van der Waals surface area contributed by atoms with Crippen LogP contribution in [0.25, 0.3) is 0 Å². The quantitative estimate of drug-likeness (QED) is 0.674. The van der Waals surface area contributed by atoms with Crippen molar-refractivity contribution in [1.29, 1.82) is 0 Å². The van der Waals surface area contributed by atoms with E-state index in [1.165, 1.54) is 12.8 Å². The molecule has 0 aromatic carbocycles. The van der Waals surface area contributed by atoms with E-state index >= 15 is 0 Å². The third-order valence-electron chi connectivity index (χ3n) is 2.44. The molecule has 0 radical (unpaired) electrons. The minimum Gasteiger partial charge on any atom is -0.292 e. The molecule has 3 nitrogen and oxygen atoms in total. The Kier molecular flexibility index (Phi) is 1.98. The van der Waals surface area contributed by atoms with Crippen LogP contribution in [-0.4, -0.2) is 15.6 Å². The maximum Gasteiger partial charge on any atom is 0.188 e. The van der Waals surface area contributed by atoms with Gasteiger partial charge in [0.15, 0.2) is 5.78 Å². The lowest BCUT2D eigenvalue weighted by Gasteiger charge is -2.14. The van der Waals surface area contributed by atoms with Crippen molar-refractivity contribution in [1.82, 2.24) is 9.78 Å². The van der Waals surface area contributed by atoms with Crippen LogP contribution in [0.4, 0.5) is 0 Å². The van der Waals surface area contributed by atoms with E-state index in [2.05, 4.69) is 5.10 Å². The molecule has 1 fully saturated rings. The van der Waals surface area contributed by atoms with Crippen LogP contribution in [0.1, 0.15) is 50.1 Å². The minimum absolute atomic E-state index is 0.122. The van der Waals surface area contributed by atoms with Crippen molar-refractivity contribution < 1.29 is 4.79 Å². The Labute approximate surface area is 84.1 Å². The average molecular weight is 192 g/mol. The molecule has 14 heavy (non-hydrogen) atoms. The summed E-state index contributed by atoms with van der Waals surface area (Å²) in [4.78, 5) is 11.8. The molecule has 0 unspecified atom stereocenters. The standard InChI is InChI=1S/C11H16N2O/c1-11(2,3)10(14)9-6-7-13(12-9)8-4-5-8/h6-8H,4-5H2,1-3H3. The lowest BCUT2D eigenvalue weighted by molar-refractivity contribution is 0.0852. The Bertz CT molecular complexity index is 356. The predicted octanol–water partition coefficient (Wildman–Crippen LogP) is 2.45. The van der Waals surface area contributed by atoms with Crippen molar-refractivity contribution >= 4 is 5.78 Å². The summed E-state index contributed by atoms with van der Waals surface area (Å²) in [6.45, 7) is 5.77. The molecule has 1 aliphatic rings. The second-order valence-corrected chi connectivity index (χ2v) is 4.99. The number of Topliss-reactive ketones (excluding diaryl/α,β-unsaturated/α-hetero) is 1. The number of hydrogen-bond acceptors (Lipinski definition) is 2. The second kappa shape index (κ2) is 2.94. The third kappa shape index (κ3) is 1.72. The largest absolute Gasteiger partial charge is 0.292 e. The number of ketones is 1. The predicted molar refractivity (Wildman–Crippen MR) is 54.3 cm³/mol. The van der Waals surface area contributed by atoms with Gasteiger partial charge >= 0.3 is 0 Å². The summed E-state index contributed by atoms with van der Waals surface area (Å²) < 4.78 is 1.92. The molecule has 1 aromatic heterocycles. The third-order valence-corrected chi connectivity index (χ3v) is 2.44. The van der Waals surface area contributed by atoms with Crippen LogP contribution in [0.2, 0.25) is 0 Å². The molecule has 1 aromatic rings. The van der Waals surface area contributed by atoms with Crippen molar-refractivity contribution in [3.8, 4) is 0 Å². The number of carbonyl (C=O) groups is 1. The summed E-state index contributed by atoms with van der Waals surface area (Å²) in [5, 5.41) is 4.31. The number of rotatable bonds is 2. The van der Waals surface area contributed by atoms with Gasteiger partial charge in [0.05, 0.1) is 6.04 Å². The molecule has 2 rings (SSSR count). The summed E-state index contributed by atoms with van der Waals surface area (Å²) in [5.41, 5.74) is 0.271. The highest BCUT2D eigenvalue weighted by atomic mass is 16.1. The fraction of sp³-hybridized carbons (Fsp3) is 0.636. The Morgan fingerprint density at radius 2 is 2.14 bits per heavy atom. The highest BCUT2D eigenvalue weighted by Gasteiger charge is 2.28. The van der Waals surface area contributed by atoms with Gasteiger partial charge in [-0.05, 0) is 18.9 Å². The van der Waals surface area contributed by atoms with Gasteiger partial charge < -0.3 is 0 Å². The molecule has 0 spiro atoms. The van der Waals surface area contributed by atoms with Gasteiger partial charge in [0.1, 0.15) is 5.69 Å². The van der Waals surface area contributed by atoms with E-state index in [-0.39, 0.29) is 11.2 Å². The molecule has 0 N–H and O–H groups in total. The minimum atomic E-state index is -0.331. The van der Waals surface area contributed by atoms with Gasteiger partial charge in [-0.15, -0.1) is 0 Å². The van der Waals surface area contributed by atoms with Gasteiger partial charge in [0, 0.05) is 11.6 Å². The van der Waals surface area contributed by atoms with Gasteiger partial charge in [-0.1, -0.05) is 20.8 Å². The first-order valence-corrected chi connectivity index (χ1v) is 5.08. The van der Waals surface area contributed by atoms with Crippen LogP contribution >= 0.6 is 0 Å². The molecule has 76 valence electrons. The topological polar surface area (TPSA) is 34.9 Å². The van der Waals surface area contributed by atoms with Crippen LogP contribution in [0.3, 0.4) is 0 Å². The van der Waals surface area contributed by atoms with Gasteiger partial charge in [-0.2, -0.15) is 5.10 Å². The van der Waals surface area contributed by atoms with E-state index in [4.69, 9.17) is 0 Å². The van der Waals surface area contributed by atoms with Crippen molar-refractivity contribution in [3.05, 3.63) is 18.0 Å². The molecule has 0 atom stereocenters. The zero-order chi connectivity index (χ0) is 10.3. The summed E-state index contributed by atoms with van der Waals surface area (Å²) in [6.07, 6.45) is 4.31. The number of hydrogen-bond donors (Lipinski definition) is 0. The smallest absolute Gasteiger partial charge is 0.188 e. The van der Waals surface area contributed by atoms with E-state index in [1.54, 1.807) is 0 Å². The van der Waals surface area contributed by atoms with E-state index in [1.807, 2.05) is 37.7 Å². The summed E-state index contributed by atoms with van der Waals surface area (Å²) in [5.74, 6) is 0.122. The first kappa shape index (κ1) is 9.44. The average Bonchev–Trinajstić information content (AvgIpc) is 2.82. The van der Waals surface area contributed by atoms with E-state index < -0.39 is 0 Å². The Balaban J connectivity index is 2.20. The molecule has 1 saturated carbocycles. The summed E-state index contributed by atoms with van der Waals surface area (Å²) >= 11 is 0. The molecule has 0 bridgehead atoms. The van der Waals surface area contributed by atoms with Crippen LogP contribution in [-0.2, 0) is 0 Å². The Hall–Kier alpha value is -1.12. The Morgan fingerprint density at radius 1 is 1.50 bits per heavy atom. The number of nitrogens with zero attached hydrogens (tertiary/aromatic N) is 2. The zero-order valence-corrected chi connectivity index (χ0v) is 8.95. The van der Waals surface area contributed by atoms with Gasteiger partial charge in [-0.3, -0.25) is 9.48 Å². The fourth-order valence-electron chi connectivity index (χ4n) is 1.39. The maximum absolute atomic E-state index is 11.8. The SMILES string of the molecule is CC(C)(C)C(=O)c1ccn(C2CC2)n1. The second-order valence-electron chi connectivity index (χ2n) is 4.99. The van der Waals surface area contributed by atoms with E-state index in [0.29, 0.717) is 11.7 Å². The lowest BCUT2D eigenvalue weighted by atomic mass is 9.89. The first-order chi connectivity index (χ1) is 6.48. The monoisotopic (exact) mass is 192 g/mol. The van der Waals surface area contributed by atoms with Gasteiger partial charge in [0.25, 0.3) is 0 Å². The highest BCUT2D eigenvalue weighted by Crippen LogP contribution is 2.34. The van der Waals surface area contributed by atoms with Crippen molar-refractivity contribution in [2.45, 2.75) is 39.7 Å². The zero-order valence-electron chi connectivity index (χ0n) is 8.95. The van der Waals surface area contributed by atoms with Crippen molar-refractivity contribution in [3.63, 3.8) is 0 Å². The molecule has 3 heteroatoms. The normalized spacial score (nSPS) is 17.1. The van der Waals surface area contributed by atoms with Crippen LogP contribution in [0.15, 0.2) is 12.3 Å². The van der Waals surface area contributed by atoms with Gasteiger partial charge in [-0.25, -0.2) is 0 Å². The lowest BCUT2D eigenvalue weighted by Crippen LogP contribution is -2.20. The maximum atomic E-state index is 11.8. The number of aromatic nitrogens is 2. The summed E-state index contributed by atoms with van der Waals surface area (Å²) in [7, 11) is 0. The van der Waals surface area contributed by atoms with Crippen LogP contribution in [0, 0.1) is 5.41 Å². The molecule has 1 aliphatic carbocycles. The molecule has 0 saturated heterocycles. The summed E-state index contributed by atoms with van der Waals surface area (Å²) in [6, 6.07) is 2.38. The van der Waals surface area contributed by atoms with E-state index in [9.17, 15) is 4.79 Å². The Morgan fingerprint density at radius 3 is 2.64 bits per heavy atom. The molecule has 0 aliphatic heterocycles. The van der Waals surface area contributed by atoms with Crippen LogP contribution < -0.4 is 0 Å². The number of carbonyl (C=O) groups excluding carboxylic acids is 1. The highest BCUT2D eigenvalue weighted by molar-refractivity contribution is 5.97. The van der Waals surface area contributed by atoms with Crippen molar-refractivity contribution in [2.75, 3.05) is 0 Å². The molecular weight excluding hydrogens is 176 g/mol. The van der Waals surface area contributed by atoms with Crippen LogP contribution in [0.5, 0.6) is 0 Å². The molecular formula is C11H16N2O. The fourth-order valence-corrected chi connectivity index (χ4v) is 1.39. The van der Waals surface area contributed by atoms with Crippen molar-refractivity contribution in [2.24, 2.45) is 5.41 Å². The molecule has 0 amide bonds. The van der Waals surface area contributed by atoms with E-state index in [0.717, 1.165) is 0 Å². The molecule has 1 heterocycles. The first-order valence-electron chi connectivity index (χ1n) is 5.08.